The van der Waals surface area contributed by atoms with Crippen LogP contribution in [0.4, 0.5) is 4.79 Å². The zero-order chi connectivity index (χ0) is 18.1. The molecule has 0 saturated carbocycles. The summed E-state index contributed by atoms with van der Waals surface area (Å²) in [5.41, 5.74) is -0.541. The first kappa shape index (κ1) is 19.0. The Balaban J connectivity index is 2.28. The molecule has 0 unspecified atom stereocenters. The van der Waals surface area contributed by atoms with Crippen molar-refractivity contribution in [2.45, 2.75) is 33.2 Å². The first-order valence-electron chi connectivity index (χ1n) is 8.35. The summed E-state index contributed by atoms with van der Waals surface area (Å²) in [6.45, 7) is 8.00. The second-order valence-electron chi connectivity index (χ2n) is 7.21. The van der Waals surface area contributed by atoms with Gasteiger partial charge in [-0.25, -0.2) is 13.2 Å². The van der Waals surface area contributed by atoms with Crippen molar-refractivity contribution in [3.63, 3.8) is 0 Å². The SMILES string of the molecule is CCN1C[C@@]2(CC1=O)CN(C(=O)NC(C)C)CCN(S(C)(=O)=O)C2. The number of nitrogens with one attached hydrogen (secondary N) is 1. The highest BCUT2D eigenvalue weighted by Crippen LogP contribution is 2.35. The Labute approximate surface area is 144 Å². The average molecular weight is 360 g/mol. The second kappa shape index (κ2) is 6.87. The lowest BCUT2D eigenvalue weighted by Crippen LogP contribution is -2.49. The number of hydrogen-bond acceptors (Lipinski definition) is 4. The molecule has 2 saturated heterocycles. The lowest BCUT2D eigenvalue weighted by Gasteiger charge is -2.33. The van der Waals surface area contributed by atoms with Crippen molar-refractivity contribution in [1.82, 2.24) is 19.4 Å². The summed E-state index contributed by atoms with van der Waals surface area (Å²) in [6.07, 6.45) is 1.46. The summed E-state index contributed by atoms with van der Waals surface area (Å²) in [7, 11) is -3.38. The van der Waals surface area contributed by atoms with Gasteiger partial charge in [0.05, 0.1) is 6.26 Å². The van der Waals surface area contributed by atoms with Gasteiger partial charge in [0.25, 0.3) is 0 Å². The van der Waals surface area contributed by atoms with Crippen LogP contribution in [0, 0.1) is 5.41 Å². The van der Waals surface area contributed by atoms with Crippen LogP contribution in [-0.4, -0.2) is 86.0 Å². The zero-order valence-electron chi connectivity index (χ0n) is 14.9. The molecular formula is C15H28N4O4S. The van der Waals surface area contributed by atoms with E-state index in [1.54, 1.807) is 9.80 Å². The third-order valence-corrected chi connectivity index (χ3v) is 5.86. The molecule has 2 heterocycles. The van der Waals surface area contributed by atoms with E-state index in [0.717, 1.165) is 0 Å². The van der Waals surface area contributed by atoms with Crippen molar-refractivity contribution in [2.24, 2.45) is 5.41 Å². The molecular weight excluding hydrogens is 332 g/mol. The topological polar surface area (TPSA) is 90.0 Å². The number of likely N-dealkylation sites (tertiary alicyclic amines) is 1. The Hall–Kier alpha value is -1.35. The minimum absolute atomic E-state index is 0.0000594. The number of carbonyl (C=O) groups is 2. The Morgan fingerprint density at radius 3 is 2.42 bits per heavy atom. The van der Waals surface area contributed by atoms with E-state index < -0.39 is 15.4 Å². The van der Waals surface area contributed by atoms with Gasteiger partial charge in [-0.15, -0.1) is 0 Å². The monoisotopic (exact) mass is 360 g/mol. The predicted molar refractivity (Wildman–Crippen MR) is 91.0 cm³/mol. The molecule has 0 aromatic heterocycles. The van der Waals surface area contributed by atoms with Crippen LogP contribution in [-0.2, 0) is 14.8 Å². The van der Waals surface area contributed by atoms with Crippen molar-refractivity contribution >= 4 is 22.0 Å². The second-order valence-corrected chi connectivity index (χ2v) is 9.19. The Morgan fingerprint density at radius 2 is 1.92 bits per heavy atom. The van der Waals surface area contributed by atoms with Gasteiger partial charge in [-0.3, -0.25) is 4.79 Å². The highest BCUT2D eigenvalue weighted by molar-refractivity contribution is 7.88. The summed E-state index contributed by atoms with van der Waals surface area (Å²) < 4.78 is 25.6. The van der Waals surface area contributed by atoms with E-state index in [1.165, 1.54) is 10.6 Å². The molecule has 0 aromatic carbocycles. The minimum Gasteiger partial charge on any atom is -0.342 e. The van der Waals surface area contributed by atoms with Crippen molar-refractivity contribution < 1.29 is 18.0 Å². The largest absolute Gasteiger partial charge is 0.342 e. The van der Waals surface area contributed by atoms with E-state index in [9.17, 15) is 18.0 Å². The number of urea groups is 1. The molecule has 1 N–H and O–H groups in total. The quantitative estimate of drug-likeness (QED) is 0.762. The lowest BCUT2D eigenvalue weighted by molar-refractivity contribution is -0.127. The predicted octanol–water partition coefficient (Wildman–Crippen LogP) is -0.0798. The van der Waals surface area contributed by atoms with Gasteiger partial charge >= 0.3 is 6.03 Å². The number of rotatable bonds is 3. The van der Waals surface area contributed by atoms with E-state index in [0.29, 0.717) is 26.2 Å². The number of hydrogen-bond donors (Lipinski definition) is 1. The molecule has 2 aliphatic heterocycles. The maximum Gasteiger partial charge on any atom is 0.317 e. The molecule has 9 heteroatoms. The molecule has 0 aromatic rings. The van der Waals surface area contributed by atoms with E-state index in [1.807, 2.05) is 20.8 Å². The fourth-order valence-corrected chi connectivity index (χ4v) is 4.42. The number of carbonyl (C=O) groups excluding carboxylic acids is 2. The van der Waals surface area contributed by atoms with Crippen LogP contribution in [0.1, 0.15) is 27.2 Å². The van der Waals surface area contributed by atoms with E-state index in [4.69, 9.17) is 0 Å². The highest BCUT2D eigenvalue weighted by atomic mass is 32.2. The standard InChI is InChI=1S/C15H28N4O4S/c1-5-17-9-15(8-13(17)20)10-18(14(21)16-12(2)3)6-7-19(11-15)24(4,22)23/h12H,5-11H2,1-4H3,(H,16,21)/t15-/m0/s1. The van der Waals surface area contributed by atoms with Crippen LogP contribution in [0.5, 0.6) is 0 Å². The van der Waals surface area contributed by atoms with Crippen molar-refractivity contribution in [2.75, 3.05) is 45.5 Å². The van der Waals surface area contributed by atoms with Crippen molar-refractivity contribution in [3.05, 3.63) is 0 Å². The zero-order valence-corrected chi connectivity index (χ0v) is 15.7. The first-order chi connectivity index (χ1) is 11.1. The maximum absolute atomic E-state index is 12.4. The molecule has 3 amide bonds. The van der Waals surface area contributed by atoms with E-state index in [-0.39, 0.29) is 37.5 Å². The van der Waals surface area contributed by atoms with E-state index >= 15 is 0 Å². The fourth-order valence-electron chi connectivity index (χ4n) is 3.50. The normalized spacial score (nSPS) is 26.3. The van der Waals surface area contributed by atoms with Gasteiger partial charge in [0.2, 0.25) is 15.9 Å². The molecule has 1 spiro atoms. The molecule has 8 nitrogen and oxygen atoms in total. The molecule has 2 aliphatic rings. The molecule has 24 heavy (non-hydrogen) atoms. The molecule has 0 aliphatic carbocycles. The maximum atomic E-state index is 12.4. The Morgan fingerprint density at radius 1 is 1.25 bits per heavy atom. The third kappa shape index (κ3) is 4.18. The molecule has 0 radical (unpaired) electrons. The van der Waals surface area contributed by atoms with Gasteiger partial charge in [-0.1, -0.05) is 0 Å². The summed E-state index contributed by atoms with van der Waals surface area (Å²) >= 11 is 0. The molecule has 1 atom stereocenters. The van der Waals surface area contributed by atoms with Gasteiger partial charge in [-0.05, 0) is 20.8 Å². The molecule has 2 rings (SSSR count). The van der Waals surface area contributed by atoms with Crippen LogP contribution in [0.2, 0.25) is 0 Å². The van der Waals surface area contributed by atoms with Gasteiger partial charge < -0.3 is 15.1 Å². The van der Waals surface area contributed by atoms with Crippen molar-refractivity contribution in [3.8, 4) is 0 Å². The molecule has 138 valence electrons. The minimum atomic E-state index is -3.38. The van der Waals surface area contributed by atoms with Crippen LogP contribution >= 0.6 is 0 Å². The van der Waals surface area contributed by atoms with Crippen LogP contribution in [0.3, 0.4) is 0 Å². The van der Waals surface area contributed by atoms with Crippen LogP contribution in [0.25, 0.3) is 0 Å². The number of sulfonamides is 1. The van der Waals surface area contributed by atoms with Gasteiger partial charge in [-0.2, -0.15) is 4.31 Å². The summed E-state index contributed by atoms with van der Waals surface area (Å²) in [4.78, 5) is 28.1. The smallest absolute Gasteiger partial charge is 0.317 e. The third-order valence-electron chi connectivity index (χ3n) is 4.61. The van der Waals surface area contributed by atoms with Gasteiger partial charge in [0.15, 0.2) is 0 Å². The number of nitrogens with zero attached hydrogens (tertiary/aromatic N) is 3. The molecule has 0 bridgehead atoms. The lowest BCUT2D eigenvalue weighted by atomic mass is 9.86. The Bertz CT molecular complexity index is 607. The summed E-state index contributed by atoms with van der Waals surface area (Å²) in [5, 5.41) is 2.86. The van der Waals surface area contributed by atoms with Crippen LogP contribution in [0.15, 0.2) is 0 Å². The number of amides is 3. The fraction of sp³-hybridized carbons (Fsp3) is 0.867. The Kier molecular flexibility index (Phi) is 5.44. The summed E-state index contributed by atoms with van der Waals surface area (Å²) in [6, 6.07) is -0.206. The van der Waals surface area contributed by atoms with Gasteiger partial charge in [0.1, 0.15) is 0 Å². The first-order valence-corrected chi connectivity index (χ1v) is 10.2. The van der Waals surface area contributed by atoms with Crippen molar-refractivity contribution in [1.29, 1.82) is 0 Å². The van der Waals surface area contributed by atoms with E-state index in [2.05, 4.69) is 5.32 Å². The highest BCUT2D eigenvalue weighted by Gasteiger charge is 2.48. The average Bonchev–Trinajstić information content (AvgIpc) is 2.63. The van der Waals surface area contributed by atoms with Gasteiger partial charge in [0, 0.05) is 57.1 Å². The molecule has 2 fully saturated rings. The summed E-state index contributed by atoms with van der Waals surface area (Å²) in [5.74, 6) is 0.0251. The van der Waals surface area contributed by atoms with Crippen LogP contribution < -0.4 is 5.32 Å².